The summed E-state index contributed by atoms with van der Waals surface area (Å²) in [7, 11) is 0. The van der Waals surface area contributed by atoms with E-state index in [4.69, 9.17) is 11.6 Å². The highest BCUT2D eigenvalue weighted by Gasteiger charge is 2.32. The van der Waals surface area contributed by atoms with Gasteiger partial charge in [0, 0.05) is 24.3 Å². The highest BCUT2D eigenvalue weighted by molar-refractivity contribution is 6.33. The third kappa shape index (κ3) is 5.55. The zero-order chi connectivity index (χ0) is 24.3. The van der Waals surface area contributed by atoms with E-state index in [-0.39, 0.29) is 16.6 Å². The summed E-state index contributed by atoms with van der Waals surface area (Å²) >= 11 is 6.02. The summed E-state index contributed by atoms with van der Waals surface area (Å²) in [4.78, 5) is 14.9. The smallest absolute Gasteiger partial charge is 0.349 e. The van der Waals surface area contributed by atoms with Gasteiger partial charge in [0.15, 0.2) is 0 Å². The number of rotatable bonds is 6. The van der Waals surface area contributed by atoms with Crippen LogP contribution in [0, 0.1) is 12.8 Å². The van der Waals surface area contributed by atoms with Crippen molar-refractivity contribution in [2.45, 2.75) is 44.8 Å². The fraction of sp³-hybridized carbons (Fsp3) is 0.360. The van der Waals surface area contributed by atoms with Crippen LogP contribution in [0.5, 0.6) is 0 Å². The molecule has 0 bridgehead atoms. The first-order valence-electron chi connectivity index (χ1n) is 11.2. The minimum Gasteiger partial charge on any atom is -0.349 e. The summed E-state index contributed by atoms with van der Waals surface area (Å²) < 4.78 is 39.1. The van der Waals surface area contributed by atoms with Crippen LogP contribution in [-0.4, -0.2) is 28.7 Å². The number of halogens is 4. The second-order valence-corrected chi connectivity index (χ2v) is 9.13. The number of nitrogens with one attached hydrogen (secondary N) is 2. The van der Waals surface area contributed by atoms with Gasteiger partial charge in [-0.05, 0) is 68.4 Å². The lowest BCUT2D eigenvalue weighted by atomic mass is 9.85. The fourth-order valence-corrected chi connectivity index (χ4v) is 4.68. The summed E-state index contributed by atoms with van der Waals surface area (Å²) in [5.41, 5.74) is 1.24. The largest absolute Gasteiger partial charge is 0.416 e. The molecule has 5 nitrogen and oxygen atoms in total. The number of carbonyl (C=O) groups excluding carboxylic acids is 1. The fourth-order valence-electron chi connectivity index (χ4n) is 4.48. The number of carbonyl (C=O) groups is 1. The van der Waals surface area contributed by atoms with Crippen molar-refractivity contribution < 1.29 is 18.0 Å². The number of aromatic nitrogens is 2. The lowest BCUT2D eigenvalue weighted by Crippen LogP contribution is -2.39. The molecule has 2 N–H and O–H groups in total. The number of aryl methyl sites for hydroxylation is 1. The van der Waals surface area contributed by atoms with E-state index in [9.17, 15) is 18.0 Å². The monoisotopic (exact) mass is 490 g/mol. The average molecular weight is 491 g/mol. The molecular formula is C25H26ClF3N4O. The van der Waals surface area contributed by atoms with E-state index in [1.165, 1.54) is 0 Å². The number of aromatic amines is 1. The molecule has 1 aromatic heterocycles. The summed E-state index contributed by atoms with van der Waals surface area (Å²) in [6.45, 7) is 2.87. The van der Waals surface area contributed by atoms with Gasteiger partial charge in [-0.3, -0.25) is 9.89 Å². The maximum Gasteiger partial charge on any atom is 0.416 e. The molecule has 9 heteroatoms. The molecule has 1 aliphatic carbocycles. The number of para-hydroxylation sites is 1. The van der Waals surface area contributed by atoms with Crippen molar-refractivity contribution in [3.63, 3.8) is 0 Å². The Morgan fingerprint density at radius 1 is 1.15 bits per heavy atom. The summed E-state index contributed by atoms with van der Waals surface area (Å²) in [5.74, 6) is 0.746. The molecular weight excluding hydrogens is 465 g/mol. The highest BCUT2D eigenvalue weighted by atomic mass is 35.5. The molecule has 1 fully saturated rings. The topological polar surface area (TPSA) is 61.0 Å². The lowest BCUT2D eigenvalue weighted by Gasteiger charge is -2.34. The maximum atomic E-state index is 13.0. The van der Waals surface area contributed by atoms with Crippen LogP contribution in [0.2, 0.25) is 5.02 Å². The Hall–Kier alpha value is -3.00. The Kier molecular flexibility index (Phi) is 7.16. The molecule has 0 unspecified atom stereocenters. The third-order valence-corrected chi connectivity index (χ3v) is 6.67. The molecule has 2 aromatic carbocycles. The predicted molar refractivity (Wildman–Crippen MR) is 126 cm³/mol. The molecule has 0 saturated heterocycles. The normalized spacial score (nSPS) is 18.5. The minimum absolute atomic E-state index is 0.00705. The number of hydrogen-bond donors (Lipinski definition) is 2. The Bertz CT molecular complexity index is 1130. The van der Waals surface area contributed by atoms with Crippen LogP contribution >= 0.6 is 11.6 Å². The number of anilines is 2. The van der Waals surface area contributed by atoms with Gasteiger partial charge in [0.2, 0.25) is 0 Å². The van der Waals surface area contributed by atoms with E-state index >= 15 is 0 Å². The van der Waals surface area contributed by atoms with Crippen LogP contribution in [0.4, 0.5) is 24.7 Å². The molecule has 4 rings (SSSR count). The van der Waals surface area contributed by atoms with Crippen molar-refractivity contribution in [1.82, 2.24) is 15.5 Å². The van der Waals surface area contributed by atoms with Gasteiger partial charge < -0.3 is 10.2 Å². The van der Waals surface area contributed by atoms with E-state index in [1.807, 2.05) is 18.2 Å². The Labute approximate surface area is 201 Å². The molecule has 3 aromatic rings. The first kappa shape index (κ1) is 24.1. The van der Waals surface area contributed by atoms with Crippen LogP contribution in [0.25, 0.3) is 0 Å². The molecule has 180 valence electrons. The Balaban J connectivity index is 1.39. The van der Waals surface area contributed by atoms with Gasteiger partial charge in [-0.25, -0.2) is 0 Å². The molecule has 1 aliphatic rings. The number of H-pyrrole nitrogens is 1. The van der Waals surface area contributed by atoms with E-state index in [2.05, 4.69) is 39.5 Å². The van der Waals surface area contributed by atoms with Gasteiger partial charge in [0.05, 0.1) is 22.3 Å². The molecule has 1 heterocycles. The van der Waals surface area contributed by atoms with Crippen molar-refractivity contribution in [1.29, 1.82) is 0 Å². The number of benzene rings is 2. The van der Waals surface area contributed by atoms with E-state index < -0.39 is 17.6 Å². The second kappa shape index (κ2) is 10.1. The number of alkyl halides is 3. The summed E-state index contributed by atoms with van der Waals surface area (Å²) in [5, 5.41) is 10.0. The maximum absolute atomic E-state index is 13.0. The van der Waals surface area contributed by atoms with Crippen molar-refractivity contribution >= 4 is 29.0 Å². The second-order valence-electron chi connectivity index (χ2n) is 8.72. The van der Waals surface area contributed by atoms with Crippen molar-refractivity contribution in [3.05, 3.63) is 76.4 Å². The zero-order valence-corrected chi connectivity index (χ0v) is 19.5. The van der Waals surface area contributed by atoms with E-state index in [0.29, 0.717) is 5.92 Å². The van der Waals surface area contributed by atoms with Crippen LogP contribution in [0.15, 0.2) is 54.7 Å². The van der Waals surface area contributed by atoms with Gasteiger partial charge in [-0.15, -0.1) is 0 Å². The standard InChI is InChI=1S/C25H26ClF3N4O/c1-16-4-2-3-5-22(16)33(23-12-13-30-32-23)15-17-6-9-19(10-7-17)31-24(34)20-14-18(25(27,28)29)8-11-21(20)26/h2-5,8,11-14,17,19H,6-7,9-10,15H2,1H3,(H,30,32)(H,31,34). The van der Waals surface area contributed by atoms with E-state index in [1.54, 1.807) is 6.20 Å². The first-order valence-corrected chi connectivity index (χ1v) is 11.6. The van der Waals surface area contributed by atoms with Gasteiger partial charge >= 0.3 is 6.18 Å². The number of hydrogen-bond acceptors (Lipinski definition) is 3. The molecule has 34 heavy (non-hydrogen) atoms. The zero-order valence-electron chi connectivity index (χ0n) is 18.7. The summed E-state index contributed by atoms with van der Waals surface area (Å²) in [6, 6.07) is 12.8. The average Bonchev–Trinajstić information content (AvgIpc) is 3.33. The minimum atomic E-state index is -4.53. The molecule has 0 spiro atoms. The third-order valence-electron chi connectivity index (χ3n) is 6.34. The molecule has 0 atom stereocenters. The van der Waals surface area contributed by atoms with Gasteiger partial charge in [0.25, 0.3) is 5.91 Å². The molecule has 0 radical (unpaired) electrons. The Morgan fingerprint density at radius 3 is 2.53 bits per heavy atom. The molecule has 1 saturated carbocycles. The Morgan fingerprint density at radius 2 is 1.88 bits per heavy atom. The quantitative estimate of drug-likeness (QED) is 0.413. The lowest BCUT2D eigenvalue weighted by molar-refractivity contribution is -0.137. The first-order chi connectivity index (χ1) is 16.2. The van der Waals surface area contributed by atoms with Crippen LogP contribution in [0.1, 0.15) is 47.2 Å². The number of amides is 1. The predicted octanol–water partition coefficient (Wildman–Crippen LogP) is 6.52. The van der Waals surface area contributed by atoms with Crippen molar-refractivity contribution in [3.8, 4) is 0 Å². The van der Waals surface area contributed by atoms with Crippen LogP contribution < -0.4 is 10.2 Å². The van der Waals surface area contributed by atoms with Crippen molar-refractivity contribution in [2.24, 2.45) is 5.92 Å². The SMILES string of the molecule is Cc1ccccc1N(CC1CCC(NC(=O)c2cc(C(F)(F)F)ccc2Cl)CC1)c1ccn[nH]1. The van der Waals surface area contributed by atoms with E-state index in [0.717, 1.165) is 67.5 Å². The molecule has 0 aliphatic heterocycles. The van der Waals surface area contributed by atoms with Gasteiger partial charge in [-0.2, -0.15) is 18.3 Å². The van der Waals surface area contributed by atoms with Crippen LogP contribution in [0.3, 0.4) is 0 Å². The van der Waals surface area contributed by atoms with Crippen molar-refractivity contribution in [2.75, 3.05) is 11.4 Å². The number of nitrogens with zero attached hydrogens (tertiary/aromatic N) is 2. The summed E-state index contributed by atoms with van der Waals surface area (Å²) in [6.07, 6.45) is 0.464. The highest BCUT2D eigenvalue weighted by Crippen LogP contribution is 2.34. The van der Waals surface area contributed by atoms with Gasteiger partial charge in [-0.1, -0.05) is 29.8 Å². The van der Waals surface area contributed by atoms with Gasteiger partial charge in [0.1, 0.15) is 5.82 Å². The molecule has 1 amide bonds. The van der Waals surface area contributed by atoms with Crippen LogP contribution in [-0.2, 0) is 6.18 Å².